The maximum absolute atomic E-state index is 6.32. The molecular weight excluding hydrogens is 395 g/mol. The number of rotatable bonds is 2. The number of pyridine rings is 1. The zero-order valence-corrected chi connectivity index (χ0v) is 18.8. The van der Waals surface area contributed by atoms with E-state index in [0.717, 1.165) is 22.3 Å². The lowest BCUT2D eigenvalue weighted by Gasteiger charge is -2.44. The standard InChI is InChI=1S/C26H25BN4O/c1-17-14-15-21-22-16-18(2)31(27(4)25(22)32-26(21)28-17)30-19(3)29(20-10-6-5-7-11-20)23-12-8-9-13-24(23)30/h5-16,19H,1-4H3/t19-/m0/s1. The van der Waals surface area contributed by atoms with E-state index in [4.69, 9.17) is 4.42 Å². The summed E-state index contributed by atoms with van der Waals surface area (Å²) in [5.74, 6) is 0. The number of nitrogens with zero attached hydrogens (tertiary/aromatic N) is 4. The number of hydrogen-bond donors (Lipinski definition) is 0. The SMILES string of the molecule is CB1c2oc3nc(C)ccc3c2C=C(C)N1N1c2ccccc2N(c2ccccc2)[C@@H]1C. The first kappa shape index (κ1) is 19.1. The Hall–Kier alpha value is -3.67. The van der Waals surface area contributed by atoms with Gasteiger partial charge in [-0.2, -0.15) is 0 Å². The Kier molecular flexibility index (Phi) is 4.12. The quantitative estimate of drug-likeness (QED) is 0.397. The van der Waals surface area contributed by atoms with E-state index in [2.05, 4.69) is 113 Å². The first-order valence-electron chi connectivity index (χ1n) is 11.1. The van der Waals surface area contributed by atoms with Gasteiger partial charge in [0.1, 0.15) is 11.8 Å². The summed E-state index contributed by atoms with van der Waals surface area (Å²) in [6.45, 7) is 8.69. The summed E-state index contributed by atoms with van der Waals surface area (Å²) in [6.07, 6.45) is 2.34. The van der Waals surface area contributed by atoms with Crippen LogP contribution < -0.4 is 15.6 Å². The van der Waals surface area contributed by atoms with Gasteiger partial charge < -0.3 is 14.2 Å². The maximum Gasteiger partial charge on any atom is 0.353 e. The molecule has 4 aromatic rings. The van der Waals surface area contributed by atoms with Crippen molar-refractivity contribution < 1.29 is 4.42 Å². The molecular formula is C26H25BN4O. The van der Waals surface area contributed by atoms with E-state index in [0.29, 0.717) is 5.71 Å². The molecule has 0 unspecified atom stereocenters. The zero-order valence-electron chi connectivity index (χ0n) is 18.8. The van der Waals surface area contributed by atoms with Crippen LogP contribution in [0, 0.1) is 6.92 Å². The highest BCUT2D eigenvalue weighted by molar-refractivity contribution is 6.70. The van der Waals surface area contributed by atoms with E-state index >= 15 is 0 Å². The Labute approximate surface area is 188 Å². The number of aromatic nitrogens is 1. The number of fused-ring (bicyclic) bond motifs is 4. The number of hydrogen-bond acceptors (Lipinski definition) is 5. The molecule has 0 aliphatic carbocycles. The smallest absolute Gasteiger partial charge is 0.353 e. The number of allylic oxidation sites excluding steroid dienone is 1. The monoisotopic (exact) mass is 420 g/mol. The Morgan fingerprint density at radius 3 is 2.41 bits per heavy atom. The number of furan rings is 1. The minimum Gasteiger partial charge on any atom is -0.450 e. The first-order valence-corrected chi connectivity index (χ1v) is 11.1. The molecule has 0 saturated heterocycles. The van der Waals surface area contributed by atoms with Crippen molar-refractivity contribution in [2.45, 2.75) is 33.8 Å². The van der Waals surface area contributed by atoms with E-state index in [9.17, 15) is 0 Å². The van der Waals surface area contributed by atoms with Crippen LogP contribution in [-0.4, -0.2) is 22.9 Å². The molecule has 0 spiro atoms. The average Bonchev–Trinajstić information content (AvgIpc) is 3.29. The van der Waals surface area contributed by atoms with Crippen LogP contribution in [0.25, 0.3) is 17.2 Å². The van der Waals surface area contributed by atoms with Gasteiger partial charge in [-0.25, -0.2) is 4.98 Å². The van der Waals surface area contributed by atoms with Crippen LogP contribution in [-0.2, 0) is 0 Å². The van der Waals surface area contributed by atoms with Gasteiger partial charge in [-0.3, -0.25) is 5.01 Å². The highest BCUT2D eigenvalue weighted by atomic mass is 16.3. The molecule has 2 aliphatic heterocycles. The second-order valence-corrected chi connectivity index (χ2v) is 8.66. The largest absolute Gasteiger partial charge is 0.450 e. The molecule has 1 atom stereocenters. The Morgan fingerprint density at radius 1 is 0.906 bits per heavy atom. The Balaban J connectivity index is 1.48. The van der Waals surface area contributed by atoms with E-state index in [1.54, 1.807) is 0 Å². The summed E-state index contributed by atoms with van der Waals surface area (Å²) in [5, 5.41) is 3.48. The van der Waals surface area contributed by atoms with Crippen LogP contribution in [0.3, 0.4) is 0 Å². The van der Waals surface area contributed by atoms with Gasteiger partial charge in [-0.1, -0.05) is 37.2 Å². The second-order valence-electron chi connectivity index (χ2n) is 8.66. The van der Waals surface area contributed by atoms with Gasteiger partial charge in [0.2, 0.25) is 5.71 Å². The van der Waals surface area contributed by atoms with Crippen LogP contribution in [0.2, 0.25) is 6.82 Å². The predicted molar refractivity (Wildman–Crippen MR) is 132 cm³/mol. The fourth-order valence-corrected chi connectivity index (χ4v) is 5.23. The Bertz CT molecular complexity index is 1360. The summed E-state index contributed by atoms with van der Waals surface area (Å²) >= 11 is 0. The van der Waals surface area contributed by atoms with E-state index in [1.165, 1.54) is 22.8 Å². The fourth-order valence-electron chi connectivity index (χ4n) is 5.23. The second kappa shape index (κ2) is 6.92. The summed E-state index contributed by atoms with van der Waals surface area (Å²) in [5.41, 5.74) is 8.56. The van der Waals surface area contributed by atoms with Gasteiger partial charge in [-0.05, 0) is 63.2 Å². The highest BCUT2D eigenvalue weighted by Gasteiger charge is 2.43. The van der Waals surface area contributed by atoms with Crippen molar-refractivity contribution in [1.82, 2.24) is 9.90 Å². The van der Waals surface area contributed by atoms with E-state index in [1.807, 2.05) is 6.92 Å². The number of aryl methyl sites for hydroxylation is 1. The Morgan fingerprint density at radius 2 is 1.62 bits per heavy atom. The first-order chi connectivity index (χ1) is 15.5. The lowest BCUT2D eigenvalue weighted by molar-refractivity contribution is 0.440. The third-order valence-corrected chi connectivity index (χ3v) is 6.60. The van der Waals surface area contributed by atoms with Gasteiger partial charge in [0.05, 0.1) is 11.4 Å². The molecule has 5 nitrogen and oxygen atoms in total. The van der Waals surface area contributed by atoms with Gasteiger partial charge in [0.25, 0.3) is 0 Å². The van der Waals surface area contributed by atoms with Crippen molar-refractivity contribution in [1.29, 1.82) is 0 Å². The van der Waals surface area contributed by atoms with Gasteiger partial charge in [-0.15, -0.1) is 0 Å². The number of para-hydroxylation sites is 3. The van der Waals surface area contributed by atoms with Gasteiger partial charge >= 0.3 is 6.85 Å². The van der Waals surface area contributed by atoms with Crippen molar-refractivity contribution in [3.63, 3.8) is 0 Å². The topological polar surface area (TPSA) is 35.8 Å². The van der Waals surface area contributed by atoms with Gasteiger partial charge in [0, 0.05) is 28.0 Å². The van der Waals surface area contributed by atoms with Crippen LogP contribution >= 0.6 is 0 Å². The summed E-state index contributed by atoms with van der Waals surface area (Å²) in [7, 11) is 0. The average molecular weight is 420 g/mol. The molecule has 6 heteroatoms. The third-order valence-electron chi connectivity index (χ3n) is 6.60. The third kappa shape index (κ3) is 2.62. The molecule has 32 heavy (non-hydrogen) atoms. The molecule has 0 amide bonds. The molecule has 0 fully saturated rings. The number of benzene rings is 2. The van der Waals surface area contributed by atoms with Crippen LogP contribution in [0.1, 0.15) is 25.1 Å². The van der Waals surface area contributed by atoms with E-state index in [-0.39, 0.29) is 13.0 Å². The molecule has 0 saturated carbocycles. The van der Waals surface area contributed by atoms with Crippen molar-refractivity contribution in [3.8, 4) is 0 Å². The number of hydrazine groups is 1. The van der Waals surface area contributed by atoms with Crippen LogP contribution in [0.15, 0.2) is 76.8 Å². The molecule has 0 radical (unpaired) electrons. The predicted octanol–water partition coefficient (Wildman–Crippen LogP) is 5.56. The van der Waals surface area contributed by atoms with E-state index < -0.39 is 0 Å². The van der Waals surface area contributed by atoms with Crippen molar-refractivity contribution in [3.05, 3.63) is 83.7 Å². The van der Waals surface area contributed by atoms with Crippen molar-refractivity contribution in [2.75, 3.05) is 9.91 Å². The lowest BCUT2D eigenvalue weighted by atomic mass is 9.58. The molecule has 2 aromatic carbocycles. The minimum absolute atomic E-state index is 0.0377. The highest BCUT2D eigenvalue weighted by Crippen LogP contribution is 2.46. The van der Waals surface area contributed by atoms with Crippen molar-refractivity contribution in [2.24, 2.45) is 0 Å². The molecule has 0 bridgehead atoms. The fraction of sp³-hybridized carbons (Fsp3) is 0.192. The van der Waals surface area contributed by atoms with Crippen LogP contribution in [0.4, 0.5) is 17.1 Å². The molecule has 4 heterocycles. The number of anilines is 3. The molecule has 0 N–H and O–H groups in total. The minimum atomic E-state index is 0.0377. The summed E-state index contributed by atoms with van der Waals surface area (Å²) in [4.78, 5) is 9.39. The maximum atomic E-state index is 6.32. The lowest BCUT2D eigenvalue weighted by Crippen LogP contribution is -2.59. The summed E-state index contributed by atoms with van der Waals surface area (Å²) in [6, 6.07) is 23.4. The normalized spacial score (nSPS) is 17.6. The molecule has 6 rings (SSSR count). The molecule has 158 valence electrons. The van der Waals surface area contributed by atoms with Crippen LogP contribution in [0.5, 0.6) is 0 Å². The molecule has 2 aliphatic rings. The summed E-state index contributed by atoms with van der Waals surface area (Å²) < 4.78 is 6.32. The van der Waals surface area contributed by atoms with Crippen molar-refractivity contribution >= 4 is 46.7 Å². The van der Waals surface area contributed by atoms with Gasteiger partial charge in [0.15, 0.2) is 0 Å². The molecule has 2 aromatic heterocycles. The zero-order chi connectivity index (χ0) is 22.0.